The fraction of sp³-hybridized carbons (Fsp3) is 0.417. The van der Waals surface area contributed by atoms with E-state index in [-0.39, 0.29) is 0 Å². The van der Waals surface area contributed by atoms with Crippen LogP contribution >= 0.6 is 0 Å². The maximum atomic E-state index is 12.2. The molecule has 0 saturated heterocycles. The van der Waals surface area contributed by atoms with Gasteiger partial charge in [0.25, 0.3) is 0 Å². The summed E-state index contributed by atoms with van der Waals surface area (Å²) in [7, 11) is 1.09. The van der Waals surface area contributed by atoms with E-state index in [1.165, 1.54) is 6.92 Å². The van der Waals surface area contributed by atoms with Gasteiger partial charge in [-0.05, 0) is 12.5 Å². The smallest absolute Gasteiger partial charge is 0.335 e. The topological polar surface area (TPSA) is 46.3 Å². The molecule has 0 aliphatic rings. The molecule has 0 saturated carbocycles. The normalized spacial score (nSPS) is 15.0. The zero-order valence-corrected chi connectivity index (χ0v) is 10.2. The predicted molar refractivity (Wildman–Crippen MR) is 61.7 cm³/mol. The first-order chi connectivity index (χ1) is 8.14. The van der Waals surface area contributed by atoms with Crippen molar-refractivity contribution in [3.8, 4) is 0 Å². The van der Waals surface area contributed by atoms with Crippen molar-refractivity contribution in [1.82, 2.24) is 4.90 Å². The molecule has 0 spiro atoms. The highest BCUT2D eigenvalue weighted by Gasteiger charge is 2.38. The molecule has 1 aromatic carbocycles. The third-order valence-electron chi connectivity index (χ3n) is 2.58. The van der Waals surface area contributed by atoms with Gasteiger partial charge in [0.2, 0.25) is 5.91 Å². The van der Waals surface area contributed by atoms with Crippen molar-refractivity contribution in [2.24, 2.45) is 5.73 Å². The van der Waals surface area contributed by atoms with Gasteiger partial charge in [0, 0.05) is 7.05 Å². The van der Waals surface area contributed by atoms with E-state index < -0.39 is 24.2 Å². The molecule has 1 rings (SSSR count). The van der Waals surface area contributed by atoms with Gasteiger partial charge in [0.15, 0.2) is 0 Å². The summed E-state index contributed by atoms with van der Waals surface area (Å²) < 4.78 is 36.7. The first kappa shape index (κ1) is 14.5. The van der Waals surface area contributed by atoms with Gasteiger partial charge in [-0.3, -0.25) is 4.79 Å². The number of carbonyl (C=O) groups excluding carboxylic acids is 1. The van der Waals surface area contributed by atoms with E-state index in [2.05, 4.69) is 0 Å². The van der Waals surface area contributed by atoms with Crippen LogP contribution in [0.2, 0.25) is 0 Å². The van der Waals surface area contributed by atoms with Gasteiger partial charge in [-0.2, -0.15) is 13.2 Å². The molecule has 0 radical (unpaired) electrons. The van der Waals surface area contributed by atoms with Crippen molar-refractivity contribution in [3.05, 3.63) is 35.9 Å². The summed E-state index contributed by atoms with van der Waals surface area (Å²) in [6, 6.07) is 8.32. The number of amides is 1. The Kier molecular flexibility index (Phi) is 4.01. The molecule has 0 fully saturated rings. The van der Waals surface area contributed by atoms with Gasteiger partial charge in [-0.25, -0.2) is 0 Å². The van der Waals surface area contributed by atoms with E-state index in [0.717, 1.165) is 7.05 Å². The summed E-state index contributed by atoms with van der Waals surface area (Å²) in [5.41, 5.74) is 4.85. The fourth-order valence-electron chi connectivity index (χ4n) is 1.65. The number of hydrogen-bond acceptors (Lipinski definition) is 2. The fourth-order valence-corrected chi connectivity index (χ4v) is 1.65. The molecule has 2 N–H and O–H groups in total. The molecular weight excluding hydrogens is 245 g/mol. The van der Waals surface area contributed by atoms with Crippen LogP contribution in [-0.2, 0) is 10.3 Å². The Morgan fingerprint density at radius 3 is 2.22 bits per heavy atom. The van der Waals surface area contributed by atoms with Gasteiger partial charge in [-0.1, -0.05) is 30.3 Å². The van der Waals surface area contributed by atoms with Crippen LogP contribution in [0.5, 0.6) is 0 Å². The molecule has 3 nitrogen and oxygen atoms in total. The van der Waals surface area contributed by atoms with Crippen molar-refractivity contribution in [2.75, 3.05) is 13.6 Å². The molecular formula is C12H15F3N2O. The lowest BCUT2D eigenvalue weighted by molar-refractivity contribution is -0.161. The molecule has 18 heavy (non-hydrogen) atoms. The molecule has 0 heterocycles. The Labute approximate surface area is 103 Å². The minimum Gasteiger partial charge on any atom is -0.335 e. The molecule has 1 atom stereocenters. The first-order valence-electron chi connectivity index (χ1n) is 5.31. The van der Waals surface area contributed by atoms with E-state index in [1.54, 1.807) is 30.3 Å². The van der Waals surface area contributed by atoms with Crippen molar-refractivity contribution < 1.29 is 18.0 Å². The lowest BCUT2D eigenvalue weighted by atomic mass is 9.92. The van der Waals surface area contributed by atoms with Crippen molar-refractivity contribution in [2.45, 2.75) is 18.6 Å². The number of rotatable bonds is 3. The average Bonchev–Trinajstić information content (AvgIpc) is 2.27. The van der Waals surface area contributed by atoms with Crippen LogP contribution in [0.3, 0.4) is 0 Å². The number of hydrogen-bond donors (Lipinski definition) is 1. The summed E-state index contributed by atoms with van der Waals surface area (Å²) in [6.45, 7) is 0.0863. The van der Waals surface area contributed by atoms with Crippen LogP contribution in [0.15, 0.2) is 30.3 Å². The van der Waals surface area contributed by atoms with Crippen LogP contribution in [0.4, 0.5) is 13.2 Å². The summed E-state index contributed by atoms with van der Waals surface area (Å²) in [5.74, 6) is -0.772. The van der Waals surface area contributed by atoms with Crippen LogP contribution in [0.25, 0.3) is 0 Å². The Morgan fingerprint density at radius 1 is 1.28 bits per heavy atom. The van der Waals surface area contributed by atoms with Crippen molar-refractivity contribution in [1.29, 1.82) is 0 Å². The number of alkyl halides is 3. The number of halogens is 3. The Hall–Kier alpha value is -1.56. The third-order valence-corrected chi connectivity index (χ3v) is 2.58. The lowest BCUT2D eigenvalue weighted by Gasteiger charge is -2.30. The maximum Gasteiger partial charge on any atom is 0.406 e. The van der Waals surface area contributed by atoms with Gasteiger partial charge in [0.05, 0.1) is 0 Å². The number of nitrogens with zero attached hydrogens (tertiary/aromatic N) is 1. The van der Waals surface area contributed by atoms with E-state index >= 15 is 0 Å². The molecule has 1 unspecified atom stereocenters. The quantitative estimate of drug-likeness (QED) is 0.902. The van der Waals surface area contributed by atoms with Crippen LogP contribution in [0, 0.1) is 0 Å². The highest BCUT2D eigenvalue weighted by atomic mass is 19.4. The molecule has 1 amide bonds. The summed E-state index contributed by atoms with van der Waals surface area (Å²) in [4.78, 5) is 12.5. The van der Waals surface area contributed by atoms with Crippen LogP contribution < -0.4 is 5.73 Å². The van der Waals surface area contributed by atoms with E-state index in [9.17, 15) is 18.0 Å². The number of benzene rings is 1. The molecule has 0 aliphatic heterocycles. The number of likely N-dealkylation sites (N-methyl/N-ethyl adjacent to an activating group) is 1. The van der Waals surface area contributed by atoms with Gasteiger partial charge in [0.1, 0.15) is 12.1 Å². The standard InChI is InChI=1S/C12H15F3N2O/c1-11(16,9-6-4-3-5-7-9)10(18)17(2)8-12(13,14)15/h3-7H,8,16H2,1-2H3. The second kappa shape index (κ2) is 4.97. The minimum absolute atomic E-state index is 0.476. The Bertz CT molecular complexity index is 415. The van der Waals surface area contributed by atoms with Gasteiger partial charge < -0.3 is 10.6 Å². The number of nitrogens with two attached hydrogens (primary N) is 1. The third kappa shape index (κ3) is 3.46. The van der Waals surface area contributed by atoms with Crippen molar-refractivity contribution in [3.63, 3.8) is 0 Å². The molecule has 1 aromatic rings. The lowest BCUT2D eigenvalue weighted by Crippen LogP contribution is -2.51. The molecule has 6 heteroatoms. The van der Waals surface area contributed by atoms with E-state index in [0.29, 0.717) is 10.5 Å². The Balaban J connectivity index is 2.89. The van der Waals surface area contributed by atoms with Gasteiger partial charge in [-0.15, -0.1) is 0 Å². The first-order valence-corrected chi connectivity index (χ1v) is 5.31. The van der Waals surface area contributed by atoms with Crippen LogP contribution in [-0.4, -0.2) is 30.6 Å². The summed E-state index contributed by atoms with van der Waals surface area (Å²) in [6.07, 6.45) is -4.43. The van der Waals surface area contributed by atoms with Crippen molar-refractivity contribution >= 4 is 5.91 Å². The van der Waals surface area contributed by atoms with E-state index in [1.807, 2.05) is 0 Å². The summed E-state index contributed by atoms with van der Waals surface area (Å²) in [5, 5.41) is 0. The largest absolute Gasteiger partial charge is 0.406 e. The zero-order chi connectivity index (χ0) is 14.0. The maximum absolute atomic E-state index is 12.2. The Morgan fingerprint density at radius 2 is 1.78 bits per heavy atom. The average molecular weight is 260 g/mol. The monoisotopic (exact) mass is 260 g/mol. The molecule has 0 aliphatic carbocycles. The minimum atomic E-state index is -4.43. The second-order valence-electron chi connectivity index (χ2n) is 4.34. The SMILES string of the molecule is CN(CC(F)(F)F)C(=O)C(C)(N)c1ccccc1. The molecule has 0 aromatic heterocycles. The molecule has 0 bridgehead atoms. The highest BCUT2D eigenvalue weighted by molar-refractivity contribution is 5.86. The second-order valence-corrected chi connectivity index (χ2v) is 4.34. The summed E-state index contributed by atoms with van der Waals surface area (Å²) >= 11 is 0. The zero-order valence-electron chi connectivity index (χ0n) is 10.2. The number of carbonyl (C=O) groups is 1. The molecule has 100 valence electrons. The van der Waals surface area contributed by atoms with E-state index in [4.69, 9.17) is 5.73 Å². The van der Waals surface area contributed by atoms with Gasteiger partial charge >= 0.3 is 6.18 Å². The van der Waals surface area contributed by atoms with Crippen LogP contribution in [0.1, 0.15) is 12.5 Å². The highest BCUT2D eigenvalue weighted by Crippen LogP contribution is 2.22. The predicted octanol–water partition coefficient (Wildman–Crippen LogP) is 1.88.